The fraction of sp³-hybridized carbons (Fsp3) is 0.583. The third kappa shape index (κ3) is 2.06. The van der Waals surface area contributed by atoms with Crippen molar-refractivity contribution in [2.75, 3.05) is 0 Å². The molecule has 1 saturated heterocycles. The lowest BCUT2D eigenvalue weighted by atomic mass is 9.89. The van der Waals surface area contributed by atoms with E-state index in [0.29, 0.717) is 6.42 Å². The van der Waals surface area contributed by atoms with Gasteiger partial charge < -0.3 is 9.73 Å². The van der Waals surface area contributed by atoms with Crippen molar-refractivity contribution in [1.82, 2.24) is 5.32 Å². The molecule has 0 bridgehead atoms. The molecule has 1 unspecified atom stereocenters. The molecule has 1 amide bonds. The molecule has 1 aliphatic heterocycles. The molecule has 0 spiro atoms. The van der Waals surface area contributed by atoms with Crippen molar-refractivity contribution in [3.8, 4) is 0 Å². The van der Waals surface area contributed by atoms with Gasteiger partial charge in [-0.25, -0.2) is 0 Å². The van der Waals surface area contributed by atoms with Gasteiger partial charge in [-0.05, 0) is 31.9 Å². The van der Waals surface area contributed by atoms with Crippen LogP contribution in [0.1, 0.15) is 37.7 Å². The van der Waals surface area contributed by atoms with Crippen LogP contribution < -0.4 is 5.32 Å². The van der Waals surface area contributed by atoms with Gasteiger partial charge in [0, 0.05) is 18.4 Å². The predicted molar refractivity (Wildman–Crippen MR) is 57.5 cm³/mol. The average molecular weight is 207 g/mol. The maximum absolute atomic E-state index is 11.3. The summed E-state index contributed by atoms with van der Waals surface area (Å²) in [5, 5.41) is 3.08. The summed E-state index contributed by atoms with van der Waals surface area (Å²) in [6.07, 6.45) is 3.33. The average Bonchev–Trinajstić information content (AvgIpc) is 2.75. The van der Waals surface area contributed by atoms with E-state index in [1.165, 1.54) is 0 Å². The van der Waals surface area contributed by atoms with Gasteiger partial charge in [0.05, 0.1) is 0 Å². The maximum Gasteiger partial charge on any atom is 0.220 e. The fourth-order valence-electron chi connectivity index (χ4n) is 2.21. The molecule has 0 radical (unpaired) electrons. The lowest BCUT2D eigenvalue weighted by Gasteiger charge is -2.26. The van der Waals surface area contributed by atoms with E-state index in [1.807, 2.05) is 19.1 Å². The number of hydrogen-bond donors (Lipinski definition) is 1. The Morgan fingerprint density at radius 1 is 1.53 bits per heavy atom. The van der Waals surface area contributed by atoms with E-state index in [1.54, 1.807) is 0 Å². The number of rotatable bonds is 3. The van der Waals surface area contributed by atoms with Gasteiger partial charge in [-0.3, -0.25) is 4.79 Å². The molecule has 1 aromatic heterocycles. The molecule has 0 aliphatic carbocycles. The second-order valence-electron chi connectivity index (χ2n) is 4.37. The van der Waals surface area contributed by atoms with Crippen LogP contribution in [0.5, 0.6) is 0 Å². The largest absolute Gasteiger partial charge is 0.466 e. The Labute approximate surface area is 89.9 Å². The summed E-state index contributed by atoms with van der Waals surface area (Å²) in [6, 6.07) is 3.96. The van der Waals surface area contributed by atoms with Crippen LogP contribution in [0.4, 0.5) is 0 Å². The molecule has 15 heavy (non-hydrogen) atoms. The molecule has 1 fully saturated rings. The normalized spacial score (nSPS) is 25.6. The number of nitrogens with one attached hydrogen (secondary N) is 1. The molecule has 0 aromatic carbocycles. The highest BCUT2D eigenvalue weighted by Gasteiger charge is 2.36. The van der Waals surface area contributed by atoms with Gasteiger partial charge in [0.2, 0.25) is 5.91 Å². The number of carbonyl (C=O) groups is 1. The van der Waals surface area contributed by atoms with Crippen molar-refractivity contribution in [3.63, 3.8) is 0 Å². The zero-order valence-corrected chi connectivity index (χ0v) is 9.30. The second-order valence-corrected chi connectivity index (χ2v) is 4.37. The minimum absolute atomic E-state index is 0.0681. The predicted octanol–water partition coefficient (Wildman–Crippen LogP) is 2.19. The van der Waals surface area contributed by atoms with E-state index in [2.05, 4.69) is 12.2 Å². The smallest absolute Gasteiger partial charge is 0.220 e. The van der Waals surface area contributed by atoms with Crippen LogP contribution in [0.3, 0.4) is 0 Å². The minimum atomic E-state index is -0.0681. The van der Waals surface area contributed by atoms with E-state index in [-0.39, 0.29) is 11.4 Å². The number of amides is 1. The van der Waals surface area contributed by atoms with E-state index in [4.69, 9.17) is 4.42 Å². The van der Waals surface area contributed by atoms with Gasteiger partial charge in [-0.1, -0.05) is 6.92 Å². The first-order chi connectivity index (χ1) is 7.13. The SMILES string of the molecule is CCC1(Cc2ccc(C)o2)CCC(=O)N1. The van der Waals surface area contributed by atoms with Crippen molar-refractivity contribution in [2.24, 2.45) is 0 Å². The quantitative estimate of drug-likeness (QED) is 0.825. The summed E-state index contributed by atoms with van der Waals surface area (Å²) in [6.45, 7) is 4.05. The van der Waals surface area contributed by atoms with Crippen LogP contribution in [0.2, 0.25) is 0 Å². The fourth-order valence-corrected chi connectivity index (χ4v) is 2.21. The van der Waals surface area contributed by atoms with Gasteiger partial charge in [-0.2, -0.15) is 0 Å². The highest BCUT2D eigenvalue weighted by atomic mass is 16.3. The van der Waals surface area contributed by atoms with Gasteiger partial charge in [0.1, 0.15) is 11.5 Å². The van der Waals surface area contributed by atoms with Crippen molar-refractivity contribution < 1.29 is 9.21 Å². The Balaban J connectivity index is 2.11. The highest BCUT2D eigenvalue weighted by Crippen LogP contribution is 2.28. The van der Waals surface area contributed by atoms with E-state index < -0.39 is 0 Å². The summed E-state index contributed by atoms with van der Waals surface area (Å²) in [5.74, 6) is 2.07. The molecule has 2 heterocycles. The Kier molecular flexibility index (Phi) is 2.55. The monoisotopic (exact) mass is 207 g/mol. The number of hydrogen-bond acceptors (Lipinski definition) is 2. The summed E-state index contributed by atoms with van der Waals surface area (Å²) in [4.78, 5) is 11.3. The Morgan fingerprint density at radius 2 is 2.33 bits per heavy atom. The summed E-state index contributed by atoms with van der Waals surface area (Å²) in [5.41, 5.74) is -0.0681. The molecule has 0 saturated carbocycles. The van der Waals surface area contributed by atoms with Crippen molar-refractivity contribution in [2.45, 2.75) is 45.1 Å². The van der Waals surface area contributed by atoms with Crippen LogP contribution in [0, 0.1) is 6.92 Å². The van der Waals surface area contributed by atoms with Crippen LogP contribution in [-0.4, -0.2) is 11.4 Å². The second kappa shape index (κ2) is 3.72. The van der Waals surface area contributed by atoms with Gasteiger partial charge in [0.25, 0.3) is 0 Å². The van der Waals surface area contributed by atoms with Crippen LogP contribution in [-0.2, 0) is 11.2 Å². The summed E-state index contributed by atoms with van der Waals surface area (Å²) >= 11 is 0. The zero-order valence-electron chi connectivity index (χ0n) is 9.30. The van der Waals surface area contributed by atoms with Gasteiger partial charge >= 0.3 is 0 Å². The molecule has 1 aliphatic rings. The van der Waals surface area contributed by atoms with E-state index in [9.17, 15) is 4.79 Å². The topological polar surface area (TPSA) is 42.2 Å². The Morgan fingerprint density at radius 3 is 2.80 bits per heavy atom. The third-order valence-electron chi connectivity index (χ3n) is 3.22. The third-order valence-corrected chi connectivity index (χ3v) is 3.22. The first-order valence-corrected chi connectivity index (χ1v) is 5.50. The van der Waals surface area contributed by atoms with Crippen LogP contribution in [0.15, 0.2) is 16.5 Å². The summed E-state index contributed by atoms with van der Waals surface area (Å²) < 4.78 is 5.56. The van der Waals surface area contributed by atoms with Crippen molar-refractivity contribution >= 4 is 5.91 Å². The molecule has 1 atom stereocenters. The highest BCUT2D eigenvalue weighted by molar-refractivity contribution is 5.79. The number of furan rings is 1. The van der Waals surface area contributed by atoms with E-state index in [0.717, 1.165) is 30.8 Å². The molecule has 82 valence electrons. The summed E-state index contributed by atoms with van der Waals surface area (Å²) in [7, 11) is 0. The molecule has 2 rings (SSSR count). The minimum Gasteiger partial charge on any atom is -0.466 e. The lowest BCUT2D eigenvalue weighted by molar-refractivity contribution is -0.119. The van der Waals surface area contributed by atoms with Crippen LogP contribution in [0.25, 0.3) is 0 Å². The molecule has 3 nitrogen and oxygen atoms in total. The zero-order chi connectivity index (χ0) is 10.9. The molecule has 1 N–H and O–H groups in total. The first kappa shape index (κ1) is 10.3. The maximum atomic E-state index is 11.3. The Bertz CT molecular complexity index is 369. The molecular formula is C12H17NO2. The van der Waals surface area contributed by atoms with Crippen molar-refractivity contribution in [3.05, 3.63) is 23.7 Å². The lowest BCUT2D eigenvalue weighted by Crippen LogP contribution is -2.42. The number of aryl methyl sites for hydroxylation is 1. The van der Waals surface area contributed by atoms with Crippen molar-refractivity contribution in [1.29, 1.82) is 0 Å². The first-order valence-electron chi connectivity index (χ1n) is 5.50. The van der Waals surface area contributed by atoms with Gasteiger partial charge in [0.15, 0.2) is 0 Å². The van der Waals surface area contributed by atoms with E-state index >= 15 is 0 Å². The standard InChI is InChI=1S/C12H17NO2/c1-3-12(7-6-11(14)13-12)8-10-5-4-9(2)15-10/h4-5H,3,6-8H2,1-2H3,(H,13,14). The Hall–Kier alpha value is -1.25. The van der Waals surface area contributed by atoms with Crippen LogP contribution >= 0.6 is 0 Å². The molecular weight excluding hydrogens is 190 g/mol. The van der Waals surface area contributed by atoms with Gasteiger partial charge in [-0.15, -0.1) is 0 Å². The molecule has 3 heteroatoms. The molecule has 1 aromatic rings. The number of carbonyl (C=O) groups excluding carboxylic acids is 1.